The predicted octanol–water partition coefficient (Wildman–Crippen LogP) is 2.46. The third-order valence-corrected chi connectivity index (χ3v) is 3.21. The Bertz CT molecular complexity index is 648. The third-order valence-electron chi connectivity index (χ3n) is 2.98. The summed E-state index contributed by atoms with van der Waals surface area (Å²) < 4.78 is 20.7. The van der Waals surface area contributed by atoms with Crippen molar-refractivity contribution in [3.63, 3.8) is 0 Å². The lowest BCUT2D eigenvalue weighted by Gasteiger charge is -2.13. The molecule has 2 heterocycles. The van der Waals surface area contributed by atoms with Crippen molar-refractivity contribution in [1.82, 2.24) is 9.55 Å². The van der Waals surface area contributed by atoms with Gasteiger partial charge in [0.15, 0.2) is 0 Å². The highest BCUT2D eigenvalue weighted by molar-refractivity contribution is 6.30. The highest BCUT2D eigenvalue weighted by Crippen LogP contribution is 2.19. The number of anilines is 1. The van der Waals surface area contributed by atoms with Gasteiger partial charge in [0.05, 0.1) is 12.3 Å². The molecule has 0 bridgehead atoms. The van der Waals surface area contributed by atoms with Crippen LogP contribution >= 0.6 is 11.6 Å². The molecule has 104 valence electrons. The number of aromatic nitrogens is 2. The Balaban J connectivity index is 1.80. The number of rotatable bonds is 2. The molecule has 1 aromatic carbocycles. The summed E-state index contributed by atoms with van der Waals surface area (Å²) in [6, 6.07) is 4.06. The molecule has 0 unspecified atom stereocenters. The van der Waals surface area contributed by atoms with Crippen molar-refractivity contribution in [2.75, 3.05) is 11.9 Å². The number of halogens is 2. The molecule has 0 radical (unpaired) electrons. The number of amides is 1. The summed E-state index contributed by atoms with van der Waals surface area (Å²) in [5.41, 5.74) is 0.307. The molecule has 0 fully saturated rings. The molecule has 1 aromatic heterocycles. The van der Waals surface area contributed by atoms with Crippen LogP contribution in [-0.2, 0) is 17.9 Å². The van der Waals surface area contributed by atoms with Gasteiger partial charge in [-0.05, 0) is 18.2 Å². The lowest BCUT2D eigenvalue weighted by molar-refractivity contribution is 0.0816. The van der Waals surface area contributed by atoms with Gasteiger partial charge in [0.25, 0.3) is 5.91 Å². The van der Waals surface area contributed by atoms with E-state index in [0.29, 0.717) is 25.6 Å². The first kappa shape index (κ1) is 13.1. The average Bonchev–Trinajstić information content (AvgIpc) is 2.86. The minimum absolute atomic E-state index is 0.0709. The molecule has 1 amide bonds. The largest absolute Gasteiger partial charge is 0.372 e. The van der Waals surface area contributed by atoms with E-state index in [1.165, 1.54) is 12.1 Å². The number of ether oxygens (including phenoxy) is 1. The number of carbonyl (C=O) groups excluding carboxylic acids is 1. The Morgan fingerprint density at radius 2 is 2.35 bits per heavy atom. The van der Waals surface area contributed by atoms with Crippen LogP contribution in [0.2, 0.25) is 5.02 Å². The standard InChI is InChI=1S/C13H11ClFN3O2/c14-8-1-2-10(9(15)5-8)17-13(19)11-6-18-3-4-20-7-12(18)16-11/h1-2,5-6H,3-4,7H2,(H,17,19). The molecule has 1 aliphatic rings. The summed E-state index contributed by atoms with van der Waals surface area (Å²) in [6.45, 7) is 1.63. The summed E-state index contributed by atoms with van der Waals surface area (Å²) >= 11 is 5.66. The van der Waals surface area contributed by atoms with E-state index in [2.05, 4.69) is 10.3 Å². The second-order valence-corrected chi connectivity index (χ2v) is 4.80. The van der Waals surface area contributed by atoms with Crippen LogP contribution in [0, 0.1) is 5.82 Å². The van der Waals surface area contributed by atoms with Crippen molar-refractivity contribution in [3.8, 4) is 0 Å². The van der Waals surface area contributed by atoms with E-state index in [4.69, 9.17) is 16.3 Å². The maximum atomic E-state index is 13.6. The lowest BCUT2D eigenvalue weighted by Crippen LogP contribution is -2.15. The molecule has 0 saturated heterocycles. The van der Waals surface area contributed by atoms with Crippen LogP contribution in [0.3, 0.4) is 0 Å². The van der Waals surface area contributed by atoms with Crippen molar-refractivity contribution in [2.45, 2.75) is 13.2 Å². The van der Waals surface area contributed by atoms with E-state index < -0.39 is 11.7 Å². The maximum Gasteiger partial charge on any atom is 0.275 e. The van der Waals surface area contributed by atoms with E-state index in [0.717, 1.165) is 6.07 Å². The minimum Gasteiger partial charge on any atom is -0.372 e. The second kappa shape index (κ2) is 5.22. The fourth-order valence-corrected chi connectivity index (χ4v) is 2.13. The fourth-order valence-electron chi connectivity index (χ4n) is 1.98. The van der Waals surface area contributed by atoms with Crippen molar-refractivity contribution < 1.29 is 13.9 Å². The molecule has 0 spiro atoms. The Morgan fingerprint density at radius 3 is 3.10 bits per heavy atom. The molecule has 2 aromatic rings. The molecular formula is C13H11ClFN3O2. The Kier molecular flexibility index (Phi) is 3.42. The summed E-state index contributed by atoms with van der Waals surface area (Å²) in [5, 5.41) is 2.75. The number of hydrogen-bond donors (Lipinski definition) is 1. The highest BCUT2D eigenvalue weighted by Gasteiger charge is 2.18. The number of nitrogens with zero attached hydrogens (tertiary/aromatic N) is 2. The van der Waals surface area contributed by atoms with Crippen LogP contribution in [0.5, 0.6) is 0 Å². The van der Waals surface area contributed by atoms with Gasteiger partial charge in [-0.1, -0.05) is 11.6 Å². The molecular weight excluding hydrogens is 285 g/mol. The molecule has 7 heteroatoms. The summed E-state index contributed by atoms with van der Waals surface area (Å²) in [6.07, 6.45) is 1.64. The van der Waals surface area contributed by atoms with E-state index in [1.54, 1.807) is 6.20 Å². The first-order valence-corrected chi connectivity index (χ1v) is 6.41. The molecule has 3 rings (SSSR count). The Labute approximate surface area is 119 Å². The molecule has 1 aliphatic heterocycles. The van der Waals surface area contributed by atoms with Gasteiger partial charge in [-0.15, -0.1) is 0 Å². The van der Waals surface area contributed by atoms with E-state index in [1.807, 2.05) is 4.57 Å². The van der Waals surface area contributed by atoms with Gasteiger partial charge in [0.2, 0.25) is 0 Å². The van der Waals surface area contributed by atoms with Gasteiger partial charge in [-0.2, -0.15) is 0 Å². The lowest BCUT2D eigenvalue weighted by atomic mass is 10.3. The van der Waals surface area contributed by atoms with Gasteiger partial charge in [-0.3, -0.25) is 4.79 Å². The van der Waals surface area contributed by atoms with Crippen molar-refractivity contribution >= 4 is 23.2 Å². The summed E-state index contributed by atoms with van der Waals surface area (Å²) in [5.74, 6) is -0.357. The first-order valence-electron chi connectivity index (χ1n) is 6.03. The van der Waals surface area contributed by atoms with E-state index in [-0.39, 0.29) is 16.4 Å². The summed E-state index contributed by atoms with van der Waals surface area (Å²) in [4.78, 5) is 16.2. The van der Waals surface area contributed by atoms with Gasteiger partial charge >= 0.3 is 0 Å². The highest BCUT2D eigenvalue weighted by atomic mass is 35.5. The molecule has 0 saturated carbocycles. The molecule has 0 aliphatic carbocycles. The van der Waals surface area contributed by atoms with Crippen LogP contribution in [0.1, 0.15) is 16.3 Å². The van der Waals surface area contributed by atoms with Gasteiger partial charge in [0.1, 0.15) is 23.9 Å². The molecule has 1 N–H and O–H groups in total. The quantitative estimate of drug-likeness (QED) is 0.926. The maximum absolute atomic E-state index is 13.6. The number of fused-ring (bicyclic) bond motifs is 1. The van der Waals surface area contributed by atoms with E-state index in [9.17, 15) is 9.18 Å². The summed E-state index contributed by atoms with van der Waals surface area (Å²) in [7, 11) is 0. The number of hydrogen-bond acceptors (Lipinski definition) is 3. The predicted molar refractivity (Wildman–Crippen MR) is 71.2 cm³/mol. The SMILES string of the molecule is O=C(Nc1ccc(Cl)cc1F)c1cn2c(n1)COCC2. The fraction of sp³-hybridized carbons (Fsp3) is 0.231. The van der Waals surface area contributed by atoms with Gasteiger partial charge in [0, 0.05) is 17.8 Å². The van der Waals surface area contributed by atoms with Crippen molar-refractivity contribution in [3.05, 3.63) is 46.8 Å². The van der Waals surface area contributed by atoms with Crippen molar-refractivity contribution in [2.24, 2.45) is 0 Å². The second-order valence-electron chi connectivity index (χ2n) is 4.37. The zero-order chi connectivity index (χ0) is 14.1. The zero-order valence-electron chi connectivity index (χ0n) is 10.4. The number of carbonyl (C=O) groups is 1. The van der Waals surface area contributed by atoms with Gasteiger partial charge < -0.3 is 14.6 Å². The number of nitrogens with one attached hydrogen (secondary N) is 1. The monoisotopic (exact) mass is 295 g/mol. The van der Waals surface area contributed by atoms with E-state index >= 15 is 0 Å². The number of benzene rings is 1. The smallest absolute Gasteiger partial charge is 0.275 e. The Hall–Kier alpha value is -1.92. The van der Waals surface area contributed by atoms with Crippen LogP contribution in [0.15, 0.2) is 24.4 Å². The molecule has 0 atom stereocenters. The zero-order valence-corrected chi connectivity index (χ0v) is 11.2. The molecule has 20 heavy (non-hydrogen) atoms. The topological polar surface area (TPSA) is 56.2 Å². The number of imidazole rings is 1. The normalized spacial score (nSPS) is 13.9. The molecule has 5 nitrogen and oxygen atoms in total. The minimum atomic E-state index is -0.585. The Morgan fingerprint density at radius 1 is 1.50 bits per heavy atom. The average molecular weight is 296 g/mol. The van der Waals surface area contributed by atoms with Crippen LogP contribution in [-0.4, -0.2) is 22.1 Å². The third kappa shape index (κ3) is 2.52. The first-order chi connectivity index (χ1) is 9.63. The van der Waals surface area contributed by atoms with Crippen molar-refractivity contribution in [1.29, 1.82) is 0 Å². The van der Waals surface area contributed by atoms with Crippen LogP contribution < -0.4 is 5.32 Å². The van der Waals surface area contributed by atoms with Crippen LogP contribution in [0.25, 0.3) is 0 Å². The van der Waals surface area contributed by atoms with Crippen LogP contribution in [0.4, 0.5) is 10.1 Å². The van der Waals surface area contributed by atoms with Gasteiger partial charge in [-0.25, -0.2) is 9.37 Å².